The van der Waals surface area contributed by atoms with Crippen LogP contribution in [0.25, 0.3) is 0 Å². The fourth-order valence-corrected chi connectivity index (χ4v) is 3.78. The van der Waals surface area contributed by atoms with Crippen LogP contribution in [0.3, 0.4) is 0 Å². The van der Waals surface area contributed by atoms with Crippen LogP contribution in [0.4, 0.5) is 5.82 Å². The second-order valence-corrected chi connectivity index (χ2v) is 7.47. The van der Waals surface area contributed by atoms with E-state index in [9.17, 15) is 14.4 Å². The van der Waals surface area contributed by atoms with Gasteiger partial charge in [0.25, 0.3) is 5.56 Å². The van der Waals surface area contributed by atoms with Gasteiger partial charge in [-0.05, 0) is 37.5 Å². The van der Waals surface area contributed by atoms with E-state index in [1.807, 2.05) is 30.0 Å². The SMILES string of the molecule is CCn1c(N2CCC(C(=O)NCc3cccc(Cl)c3)CC2)cc(=O)n(C)c1=O. The number of benzene rings is 1. The summed E-state index contributed by atoms with van der Waals surface area (Å²) in [6.45, 7) is 4.07. The van der Waals surface area contributed by atoms with Crippen molar-refractivity contribution in [2.75, 3.05) is 18.0 Å². The first kappa shape index (κ1) is 20.2. The van der Waals surface area contributed by atoms with Crippen molar-refractivity contribution in [3.05, 3.63) is 61.8 Å². The largest absolute Gasteiger partial charge is 0.358 e. The number of aromatic nitrogens is 2. The molecule has 1 saturated heterocycles. The van der Waals surface area contributed by atoms with Crippen molar-refractivity contribution >= 4 is 23.3 Å². The van der Waals surface area contributed by atoms with E-state index in [-0.39, 0.29) is 23.1 Å². The molecule has 1 aromatic carbocycles. The fourth-order valence-electron chi connectivity index (χ4n) is 3.57. The summed E-state index contributed by atoms with van der Waals surface area (Å²) < 4.78 is 2.71. The predicted octanol–water partition coefficient (Wildman–Crippen LogP) is 1.75. The highest BCUT2D eigenvalue weighted by molar-refractivity contribution is 6.30. The van der Waals surface area contributed by atoms with Crippen molar-refractivity contribution in [1.82, 2.24) is 14.5 Å². The van der Waals surface area contributed by atoms with Crippen LogP contribution in [0.2, 0.25) is 5.02 Å². The molecule has 1 amide bonds. The molecule has 0 radical (unpaired) electrons. The first-order valence-electron chi connectivity index (χ1n) is 9.48. The van der Waals surface area contributed by atoms with Crippen molar-refractivity contribution in [3.63, 3.8) is 0 Å². The van der Waals surface area contributed by atoms with E-state index in [0.29, 0.717) is 49.9 Å². The number of anilines is 1. The minimum atomic E-state index is -0.314. The third-order valence-electron chi connectivity index (χ3n) is 5.24. The number of nitrogens with zero attached hydrogens (tertiary/aromatic N) is 3. The van der Waals surface area contributed by atoms with Gasteiger partial charge < -0.3 is 10.2 Å². The average Bonchev–Trinajstić information content (AvgIpc) is 2.70. The normalized spacial score (nSPS) is 14.9. The molecule has 1 N–H and O–H groups in total. The number of carbonyl (C=O) groups excluding carboxylic acids is 1. The molecule has 2 heterocycles. The molecule has 150 valence electrons. The highest BCUT2D eigenvalue weighted by Crippen LogP contribution is 2.22. The summed E-state index contributed by atoms with van der Waals surface area (Å²) >= 11 is 5.97. The van der Waals surface area contributed by atoms with Crippen molar-refractivity contribution in [2.24, 2.45) is 13.0 Å². The van der Waals surface area contributed by atoms with Crippen molar-refractivity contribution in [3.8, 4) is 0 Å². The maximum Gasteiger partial charge on any atom is 0.332 e. The molecule has 0 unspecified atom stereocenters. The van der Waals surface area contributed by atoms with Crippen LogP contribution in [0, 0.1) is 5.92 Å². The molecule has 1 fully saturated rings. The van der Waals surface area contributed by atoms with Gasteiger partial charge in [0.2, 0.25) is 5.91 Å². The lowest BCUT2D eigenvalue weighted by Gasteiger charge is -2.34. The molecule has 28 heavy (non-hydrogen) atoms. The Bertz CT molecular complexity index is 974. The molecular formula is C20H25ClN4O3. The molecule has 2 aromatic rings. The van der Waals surface area contributed by atoms with E-state index < -0.39 is 0 Å². The van der Waals surface area contributed by atoms with E-state index in [1.165, 1.54) is 13.1 Å². The Balaban J connectivity index is 1.62. The van der Waals surface area contributed by atoms with Crippen LogP contribution in [-0.4, -0.2) is 28.1 Å². The predicted molar refractivity (Wildman–Crippen MR) is 110 cm³/mol. The van der Waals surface area contributed by atoms with Gasteiger partial charge in [0, 0.05) is 50.2 Å². The molecule has 1 aliphatic rings. The molecule has 8 heteroatoms. The van der Waals surface area contributed by atoms with Gasteiger partial charge in [-0.2, -0.15) is 0 Å². The number of rotatable bonds is 5. The first-order chi connectivity index (χ1) is 13.4. The second-order valence-electron chi connectivity index (χ2n) is 7.04. The summed E-state index contributed by atoms with van der Waals surface area (Å²) in [5.41, 5.74) is 0.336. The highest BCUT2D eigenvalue weighted by atomic mass is 35.5. The molecule has 0 saturated carbocycles. The van der Waals surface area contributed by atoms with Crippen LogP contribution in [0.15, 0.2) is 39.9 Å². The Morgan fingerprint density at radius 3 is 2.57 bits per heavy atom. The minimum absolute atomic E-state index is 0.0245. The van der Waals surface area contributed by atoms with Crippen LogP contribution in [-0.2, 0) is 24.9 Å². The summed E-state index contributed by atoms with van der Waals surface area (Å²) in [4.78, 5) is 38.9. The van der Waals surface area contributed by atoms with Gasteiger partial charge in [-0.1, -0.05) is 23.7 Å². The summed E-state index contributed by atoms with van der Waals surface area (Å²) in [7, 11) is 1.48. The lowest BCUT2D eigenvalue weighted by Crippen LogP contribution is -2.45. The molecule has 3 rings (SSSR count). The number of piperidine rings is 1. The Morgan fingerprint density at radius 1 is 1.21 bits per heavy atom. The first-order valence-corrected chi connectivity index (χ1v) is 9.86. The van der Waals surface area contributed by atoms with E-state index in [1.54, 1.807) is 10.6 Å². The third kappa shape index (κ3) is 4.30. The van der Waals surface area contributed by atoms with Crippen LogP contribution in [0.5, 0.6) is 0 Å². The molecule has 0 aliphatic carbocycles. The fraction of sp³-hybridized carbons (Fsp3) is 0.450. The third-order valence-corrected chi connectivity index (χ3v) is 5.47. The summed E-state index contributed by atoms with van der Waals surface area (Å²) in [5.74, 6) is 0.577. The molecule has 0 bridgehead atoms. The Hall–Kier alpha value is -2.54. The zero-order valence-electron chi connectivity index (χ0n) is 16.2. The van der Waals surface area contributed by atoms with Gasteiger partial charge in [-0.3, -0.25) is 18.7 Å². The summed E-state index contributed by atoms with van der Waals surface area (Å²) in [6, 6.07) is 8.93. The second kappa shape index (κ2) is 8.65. The van der Waals surface area contributed by atoms with E-state index in [4.69, 9.17) is 11.6 Å². The minimum Gasteiger partial charge on any atom is -0.358 e. The van der Waals surface area contributed by atoms with E-state index in [2.05, 4.69) is 5.32 Å². The van der Waals surface area contributed by atoms with Crippen LogP contribution in [0.1, 0.15) is 25.3 Å². The standard InChI is InChI=1S/C20H25ClN4O3/c1-3-25-17(12-18(26)23(2)20(25)28)24-9-7-15(8-10-24)19(27)22-13-14-5-4-6-16(21)11-14/h4-6,11-12,15H,3,7-10,13H2,1-2H3,(H,22,27). The zero-order chi connectivity index (χ0) is 20.3. The molecule has 1 aromatic heterocycles. The summed E-state index contributed by atoms with van der Waals surface area (Å²) in [6.07, 6.45) is 1.35. The number of hydrogen-bond acceptors (Lipinski definition) is 4. The maximum atomic E-state index is 12.5. The number of amides is 1. The molecule has 0 spiro atoms. The van der Waals surface area contributed by atoms with Gasteiger partial charge in [0.15, 0.2) is 0 Å². The van der Waals surface area contributed by atoms with Gasteiger partial charge in [-0.25, -0.2) is 4.79 Å². The average molecular weight is 405 g/mol. The van der Waals surface area contributed by atoms with Gasteiger partial charge >= 0.3 is 5.69 Å². The quantitative estimate of drug-likeness (QED) is 0.823. The van der Waals surface area contributed by atoms with Gasteiger partial charge in [0.05, 0.1) is 0 Å². The number of halogens is 1. The van der Waals surface area contributed by atoms with Gasteiger partial charge in [-0.15, -0.1) is 0 Å². The highest BCUT2D eigenvalue weighted by Gasteiger charge is 2.26. The maximum absolute atomic E-state index is 12.5. The number of carbonyl (C=O) groups is 1. The topological polar surface area (TPSA) is 76.3 Å². The Labute approximate surface area is 168 Å². The van der Waals surface area contributed by atoms with E-state index >= 15 is 0 Å². The lowest BCUT2D eigenvalue weighted by atomic mass is 9.95. The summed E-state index contributed by atoms with van der Waals surface area (Å²) in [5, 5.41) is 3.62. The van der Waals surface area contributed by atoms with Crippen LogP contribution < -0.4 is 21.5 Å². The molecular weight excluding hydrogens is 380 g/mol. The van der Waals surface area contributed by atoms with Crippen molar-refractivity contribution in [1.29, 1.82) is 0 Å². The number of hydrogen-bond donors (Lipinski definition) is 1. The molecule has 1 aliphatic heterocycles. The molecule has 0 atom stereocenters. The van der Waals surface area contributed by atoms with E-state index in [0.717, 1.165) is 10.1 Å². The monoisotopic (exact) mass is 404 g/mol. The Kier molecular flexibility index (Phi) is 6.24. The lowest BCUT2D eigenvalue weighted by molar-refractivity contribution is -0.125. The number of nitrogens with one attached hydrogen (secondary N) is 1. The van der Waals surface area contributed by atoms with Crippen molar-refractivity contribution < 1.29 is 4.79 Å². The van der Waals surface area contributed by atoms with Gasteiger partial charge in [0.1, 0.15) is 5.82 Å². The van der Waals surface area contributed by atoms with Crippen molar-refractivity contribution in [2.45, 2.75) is 32.9 Å². The zero-order valence-corrected chi connectivity index (χ0v) is 16.9. The molecule has 7 nitrogen and oxygen atoms in total. The van der Waals surface area contributed by atoms with Crippen LogP contribution >= 0.6 is 11.6 Å². The Morgan fingerprint density at radius 2 is 1.93 bits per heavy atom. The smallest absolute Gasteiger partial charge is 0.332 e.